The zero-order chi connectivity index (χ0) is 25.8. The summed E-state index contributed by atoms with van der Waals surface area (Å²) in [5.74, 6) is -0.264. The van der Waals surface area contributed by atoms with Gasteiger partial charge in [0.15, 0.2) is 0 Å². The fourth-order valence-electron chi connectivity index (χ4n) is 5.48. The van der Waals surface area contributed by atoms with Crippen molar-refractivity contribution < 1.29 is 23.5 Å². The summed E-state index contributed by atoms with van der Waals surface area (Å²) < 4.78 is 11.6. The lowest BCUT2D eigenvalue weighted by Crippen LogP contribution is -2.49. The zero-order valence-electron chi connectivity index (χ0n) is 20.9. The average molecular weight is 488 g/mol. The number of nitrogens with zero attached hydrogens (tertiary/aromatic N) is 1. The molecule has 1 aliphatic heterocycles. The summed E-state index contributed by atoms with van der Waals surface area (Å²) in [5.41, 5.74) is 3.24. The number of amides is 1. The predicted octanol–water partition coefficient (Wildman–Crippen LogP) is 4.96. The minimum Gasteiger partial charge on any atom is -0.481 e. The number of furan rings is 1. The van der Waals surface area contributed by atoms with E-state index in [0.29, 0.717) is 42.7 Å². The summed E-state index contributed by atoms with van der Waals surface area (Å²) in [6.45, 7) is 8.23. The SMILES string of the molecule is Cc1oc2c(C)c3oc(=O)c(CC(=O)N4CCC(C(=O)O)(c5ccccc5)CC4)c(C)c3cc2c1C. The molecule has 0 radical (unpaired) electrons. The van der Waals surface area contributed by atoms with E-state index in [0.717, 1.165) is 38.8 Å². The third-order valence-electron chi connectivity index (χ3n) is 7.98. The van der Waals surface area contributed by atoms with Gasteiger partial charge >= 0.3 is 11.6 Å². The summed E-state index contributed by atoms with van der Waals surface area (Å²) in [6, 6.07) is 11.2. The van der Waals surface area contributed by atoms with Crippen LogP contribution in [-0.4, -0.2) is 35.0 Å². The third-order valence-corrected chi connectivity index (χ3v) is 7.98. The van der Waals surface area contributed by atoms with Crippen LogP contribution < -0.4 is 5.63 Å². The van der Waals surface area contributed by atoms with Crippen molar-refractivity contribution in [1.82, 2.24) is 4.90 Å². The molecule has 7 heteroatoms. The average Bonchev–Trinajstić information content (AvgIpc) is 3.16. The summed E-state index contributed by atoms with van der Waals surface area (Å²) in [4.78, 5) is 40.1. The summed E-state index contributed by atoms with van der Waals surface area (Å²) >= 11 is 0. The molecule has 1 saturated heterocycles. The van der Waals surface area contributed by atoms with Gasteiger partial charge in [0.25, 0.3) is 0 Å². The van der Waals surface area contributed by atoms with E-state index >= 15 is 0 Å². The van der Waals surface area contributed by atoms with Gasteiger partial charge in [0, 0.05) is 29.4 Å². The maximum absolute atomic E-state index is 13.2. The number of carbonyl (C=O) groups excluding carboxylic acids is 1. The van der Waals surface area contributed by atoms with Gasteiger partial charge in [-0.25, -0.2) is 4.79 Å². The smallest absolute Gasteiger partial charge is 0.340 e. The highest BCUT2D eigenvalue weighted by molar-refractivity contribution is 6.00. The Morgan fingerprint density at radius 3 is 2.17 bits per heavy atom. The van der Waals surface area contributed by atoms with E-state index < -0.39 is 17.0 Å². The largest absolute Gasteiger partial charge is 0.481 e. The van der Waals surface area contributed by atoms with Gasteiger partial charge in [-0.15, -0.1) is 0 Å². The van der Waals surface area contributed by atoms with E-state index in [4.69, 9.17) is 8.83 Å². The summed E-state index contributed by atoms with van der Waals surface area (Å²) in [6.07, 6.45) is 0.551. The van der Waals surface area contributed by atoms with Crippen LogP contribution in [0.1, 0.15) is 46.4 Å². The maximum atomic E-state index is 13.2. The highest BCUT2D eigenvalue weighted by Gasteiger charge is 2.43. The number of aliphatic carboxylic acids is 1. The molecule has 0 aliphatic carbocycles. The van der Waals surface area contributed by atoms with Gasteiger partial charge in [-0.05, 0) is 63.3 Å². The Hall–Kier alpha value is -3.87. The van der Waals surface area contributed by atoms with Crippen molar-refractivity contribution in [2.24, 2.45) is 0 Å². The fraction of sp³-hybridized carbons (Fsp3) is 0.345. The first-order valence-electron chi connectivity index (χ1n) is 12.2. The number of piperidine rings is 1. The Kier molecular flexibility index (Phi) is 5.74. The molecular formula is C29H29NO6. The molecule has 2 aromatic carbocycles. The molecule has 0 unspecified atom stereocenters. The summed E-state index contributed by atoms with van der Waals surface area (Å²) in [7, 11) is 0. The van der Waals surface area contributed by atoms with Crippen LogP contribution in [0.25, 0.3) is 21.9 Å². The highest BCUT2D eigenvalue weighted by Crippen LogP contribution is 2.37. The van der Waals surface area contributed by atoms with E-state index in [-0.39, 0.29) is 12.3 Å². The molecule has 3 heterocycles. The Labute approximate surface area is 208 Å². The van der Waals surface area contributed by atoms with E-state index in [2.05, 4.69) is 0 Å². The van der Waals surface area contributed by atoms with E-state index in [1.165, 1.54) is 0 Å². The Morgan fingerprint density at radius 2 is 1.53 bits per heavy atom. The van der Waals surface area contributed by atoms with Crippen molar-refractivity contribution >= 4 is 33.8 Å². The number of benzene rings is 2. The van der Waals surface area contributed by atoms with Crippen molar-refractivity contribution in [3.63, 3.8) is 0 Å². The molecule has 5 rings (SSSR count). The first-order chi connectivity index (χ1) is 17.1. The lowest BCUT2D eigenvalue weighted by atomic mass is 9.73. The highest BCUT2D eigenvalue weighted by atomic mass is 16.4. The minimum absolute atomic E-state index is 0.0873. The van der Waals surface area contributed by atoms with Crippen LogP contribution in [0.15, 0.2) is 50.0 Å². The molecule has 1 amide bonds. The number of likely N-dealkylation sites (tertiary alicyclic amines) is 1. The zero-order valence-corrected chi connectivity index (χ0v) is 20.9. The molecule has 0 saturated carbocycles. The quantitative estimate of drug-likeness (QED) is 0.408. The number of hydrogen-bond acceptors (Lipinski definition) is 5. The second kappa shape index (κ2) is 8.66. The maximum Gasteiger partial charge on any atom is 0.340 e. The molecule has 2 aromatic heterocycles. The van der Waals surface area contributed by atoms with Crippen LogP contribution >= 0.6 is 0 Å². The molecule has 1 N–H and O–H groups in total. The lowest BCUT2D eigenvalue weighted by molar-refractivity contribution is -0.148. The van der Waals surface area contributed by atoms with Crippen molar-refractivity contribution in [2.75, 3.05) is 13.1 Å². The monoisotopic (exact) mass is 487 g/mol. The first-order valence-corrected chi connectivity index (χ1v) is 12.2. The lowest BCUT2D eigenvalue weighted by Gasteiger charge is -2.39. The third kappa shape index (κ3) is 3.61. The number of carboxylic acid groups (broad SMARTS) is 1. The van der Waals surface area contributed by atoms with Gasteiger partial charge in [-0.2, -0.15) is 0 Å². The van der Waals surface area contributed by atoms with Crippen molar-refractivity contribution in [1.29, 1.82) is 0 Å². The van der Waals surface area contributed by atoms with Crippen LogP contribution in [0.3, 0.4) is 0 Å². The number of carboxylic acids is 1. The van der Waals surface area contributed by atoms with Crippen molar-refractivity contribution in [3.8, 4) is 0 Å². The van der Waals surface area contributed by atoms with Crippen LogP contribution in [0.4, 0.5) is 0 Å². The van der Waals surface area contributed by atoms with E-state index in [1.807, 2.05) is 64.1 Å². The molecule has 36 heavy (non-hydrogen) atoms. The predicted molar refractivity (Wildman–Crippen MR) is 136 cm³/mol. The molecule has 1 aliphatic rings. The molecule has 186 valence electrons. The number of fused-ring (bicyclic) bond motifs is 2. The second-order valence-corrected chi connectivity index (χ2v) is 9.84. The van der Waals surface area contributed by atoms with Gasteiger partial charge in [0.2, 0.25) is 5.91 Å². The molecule has 0 atom stereocenters. The van der Waals surface area contributed by atoms with Gasteiger partial charge in [0.1, 0.15) is 16.9 Å². The molecule has 7 nitrogen and oxygen atoms in total. The number of hydrogen-bond donors (Lipinski definition) is 1. The number of aryl methyl sites for hydroxylation is 4. The molecule has 0 spiro atoms. The number of rotatable bonds is 4. The van der Waals surface area contributed by atoms with Crippen LogP contribution in [0, 0.1) is 27.7 Å². The topological polar surface area (TPSA) is 101 Å². The number of carbonyl (C=O) groups is 2. The van der Waals surface area contributed by atoms with Gasteiger partial charge in [-0.1, -0.05) is 30.3 Å². The van der Waals surface area contributed by atoms with Gasteiger partial charge in [0.05, 0.1) is 17.4 Å². The Balaban J connectivity index is 1.44. The second-order valence-electron chi connectivity index (χ2n) is 9.84. The molecular weight excluding hydrogens is 458 g/mol. The van der Waals surface area contributed by atoms with Crippen LogP contribution in [0.2, 0.25) is 0 Å². The Bertz CT molecular complexity index is 1570. The first kappa shape index (κ1) is 23.9. The molecule has 1 fully saturated rings. The van der Waals surface area contributed by atoms with Crippen molar-refractivity contribution in [2.45, 2.75) is 52.4 Å². The standard InChI is InChI=1S/C29H29NO6/c1-16-19(4)35-25-18(3)26-22(14-21(16)25)17(2)23(27(32)36-26)15-24(31)30-12-10-29(11-13-30,28(33)34)20-8-6-5-7-9-20/h5-9,14H,10-13,15H2,1-4H3,(H,33,34). The van der Waals surface area contributed by atoms with Gasteiger partial charge in [-0.3, -0.25) is 9.59 Å². The molecule has 4 aromatic rings. The normalized spacial score (nSPS) is 15.5. The van der Waals surface area contributed by atoms with E-state index in [9.17, 15) is 19.5 Å². The van der Waals surface area contributed by atoms with Crippen molar-refractivity contribution in [3.05, 3.63) is 80.4 Å². The fourth-order valence-corrected chi connectivity index (χ4v) is 5.48. The summed E-state index contributed by atoms with van der Waals surface area (Å²) in [5, 5.41) is 11.8. The minimum atomic E-state index is -1.01. The van der Waals surface area contributed by atoms with Gasteiger partial charge < -0.3 is 18.8 Å². The van der Waals surface area contributed by atoms with E-state index in [1.54, 1.807) is 4.90 Å². The van der Waals surface area contributed by atoms with Crippen LogP contribution in [-0.2, 0) is 21.4 Å². The molecule has 0 bridgehead atoms. The Morgan fingerprint density at radius 1 is 0.917 bits per heavy atom. The van der Waals surface area contributed by atoms with Crippen LogP contribution in [0.5, 0.6) is 0 Å².